The van der Waals surface area contributed by atoms with Crippen molar-refractivity contribution in [3.63, 3.8) is 0 Å². The van der Waals surface area contributed by atoms with Crippen LogP contribution in [0.25, 0.3) is 10.9 Å². The molecule has 0 fully saturated rings. The molecular formula is C13H16N2O. The molecule has 0 unspecified atom stereocenters. The molecule has 0 aliphatic rings. The molecule has 0 bridgehead atoms. The predicted octanol–water partition coefficient (Wildman–Crippen LogP) is 2.10. The molecule has 1 aromatic heterocycles. The first kappa shape index (κ1) is 10.9. The Morgan fingerprint density at radius 1 is 1.31 bits per heavy atom. The standard InChI is InChI=1S/C13H16N2O/c1-9-7-12(15(2)3)11-6-4-5-10(8-16)13(11)14-9/h4-7,16H,8H2,1-3H3. The quantitative estimate of drug-likeness (QED) is 0.835. The Kier molecular flexibility index (Phi) is 2.79. The first-order valence-corrected chi connectivity index (χ1v) is 5.31. The second-order valence-corrected chi connectivity index (χ2v) is 4.15. The van der Waals surface area contributed by atoms with E-state index in [4.69, 9.17) is 0 Å². The van der Waals surface area contributed by atoms with Crippen LogP contribution in [0.4, 0.5) is 5.69 Å². The fraction of sp³-hybridized carbons (Fsp3) is 0.308. The summed E-state index contributed by atoms with van der Waals surface area (Å²) in [5.74, 6) is 0. The highest BCUT2D eigenvalue weighted by molar-refractivity contribution is 5.93. The molecule has 3 heteroatoms. The van der Waals surface area contributed by atoms with E-state index < -0.39 is 0 Å². The molecule has 0 radical (unpaired) electrons. The Balaban J connectivity index is 2.83. The fourth-order valence-corrected chi connectivity index (χ4v) is 1.91. The van der Waals surface area contributed by atoms with Crippen LogP contribution in [0.5, 0.6) is 0 Å². The van der Waals surface area contributed by atoms with Crippen molar-refractivity contribution >= 4 is 16.6 Å². The highest BCUT2D eigenvalue weighted by Gasteiger charge is 2.08. The molecule has 0 spiro atoms. The molecule has 0 amide bonds. The van der Waals surface area contributed by atoms with Crippen LogP contribution in [-0.2, 0) is 6.61 Å². The van der Waals surface area contributed by atoms with E-state index in [9.17, 15) is 5.11 Å². The van der Waals surface area contributed by atoms with E-state index >= 15 is 0 Å². The van der Waals surface area contributed by atoms with Crippen LogP contribution in [0.1, 0.15) is 11.3 Å². The maximum absolute atomic E-state index is 9.30. The molecule has 0 saturated carbocycles. The SMILES string of the molecule is Cc1cc(N(C)C)c2cccc(CO)c2n1. The topological polar surface area (TPSA) is 36.4 Å². The Labute approximate surface area is 95.3 Å². The first-order chi connectivity index (χ1) is 7.63. The zero-order valence-corrected chi connectivity index (χ0v) is 9.86. The third kappa shape index (κ3) is 1.74. The molecule has 1 heterocycles. The predicted molar refractivity (Wildman–Crippen MR) is 66.7 cm³/mol. The van der Waals surface area contributed by atoms with Crippen LogP contribution < -0.4 is 4.90 Å². The number of anilines is 1. The molecule has 2 aromatic rings. The minimum absolute atomic E-state index is 0.0284. The lowest BCUT2D eigenvalue weighted by molar-refractivity contribution is 0.283. The van der Waals surface area contributed by atoms with Gasteiger partial charge in [-0.25, -0.2) is 0 Å². The summed E-state index contributed by atoms with van der Waals surface area (Å²) in [7, 11) is 4.03. The lowest BCUT2D eigenvalue weighted by Gasteiger charge is -2.17. The van der Waals surface area contributed by atoms with E-state index in [0.29, 0.717) is 0 Å². The van der Waals surface area contributed by atoms with Crippen LogP contribution in [0, 0.1) is 6.92 Å². The van der Waals surface area contributed by atoms with Gasteiger partial charge < -0.3 is 10.0 Å². The Hall–Kier alpha value is -1.61. The number of aliphatic hydroxyl groups is 1. The smallest absolute Gasteiger partial charge is 0.0781 e. The third-order valence-corrected chi connectivity index (χ3v) is 2.68. The summed E-state index contributed by atoms with van der Waals surface area (Å²) < 4.78 is 0. The van der Waals surface area contributed by atoms with Crippen LogP contribution in [0.15, 0.2) is 24.3 Å². The summed E-state index contributed by atoms with van der Waals surface area (Å²) in [6, 6.07) is 7.96. The number of hydrogen-bond acceptors (Lipinski definition) is 3. The number of aryl methyl sites for hydroxylation is 1. The van der Waals surface area contributed by atoms with E-state index in [0.717, 1.165) is 27.8 Å². The summed E-state index contributed by atoms with van der Waals surface area (Å²) in [6.45, 7) is 2.00. The average molecular weight is 216 g/mol. The van der Waals surface area contributed by atoms with Crippen molar-refractivity contribution in [3.8, 4) is 0 Å². The van der Waals surface area contributed by atoms with E-state index in [-0.39, 0.29) is 6.61 Å². The highest BCUT2D eigenvalue weighted by atomic mass is 16.3. The van der Waals surface area contributed by atoms with Gasteiger partial charge in [-0.15, -0.1) is 0 Å². The van der Waals surface area contributed by atoms with Crippen molar-refractivity contribution < 1.29 is 5.11 Å². The van der Waals surface area contributed by atoms with Crippen molar-refractivity contribution in [3.05, 3.63) is 35.5 Å². The summed E-state index contributed by atoms with van der Waals surface area (Å²) in [6.07, 6.45) is 0. The van der Waals surface area contributed by atoms with E-state index in [1.54, 1.807) is 0 Å². The summed E-state index contributed by atoms with van der Waals surface area (Å²) >= 11 is 0. The molecule has 3 nitrogen and oxygen atoms in total. The number of pyridine rings is 1. The minimum Gasteiger partial charge on any atom is -0.392 e. The summed E-state index contributed by atoms with van der Waals surface area (Å²) in [5.41, 5.74) is 3.88. The van der Waals surface area contributed by atoms with Crippen LogP contribution in [0.2, 0.25) is 0 Å². The van der Waals surface area contributed by atoms with Crippen molar-refractivity contribution in [2.45, 2.75) is 13.5 Å². The Bertz CT molecular complexity index is 521. The Morgan fingerprint density at radius 2 is 2.06 bits per heavy atom. The second kappa shape index (κ2) is 4.10. The van der Waals surface area contributed by atoms with Gasteiger partial charge in [0.05, 0.1) is 12.1 Å². The lowest BCUT2D eigenvalue weighted by Crippen LogP contribution is -2.10. The van der Waals surface area contributed by atoms with Gasteiger partial charge in [0.1, 0.15) is 0 Å². The van der Waals surface area contributed by atoms with Gasteiger partial charge in [0.2, 0.25) is 0 Å². The van der Waals surface area contributed by atoms with Crippen LogP contribution in [0.3, 0.4) is 0 Å². The highest BCUT2D eigenvalue weighted by Crippen LogP contribution is 2.27. The second-order valence-electron chi connectivity index (χ2n) is 4.15. The van der Waals surface area contributed by atoms with Crippen molar-refractivity contribution in [2.75, 3.05) is 19.0 Å². The monoisotopic (exact) mass is 216 g/mol. The molecule has 1 aromatic carbocycles. The third-order valence-electron chi connectivity index (χ3n) is 2.68. The van der Waals surface area contributed by atoms with Gasteiger partial charge in [-0.1, -0.05) is 18.2 Å². The van der Waals surface area contributed by atoms with Crippen molar-refractivity contribution in [1.29, 1.82) is 0 Å². The molecule has 84 valence electrons. The zero-order valence-electron chi connectivity index (χ0n) is 9.86. The van der Waals surface area contributed by atoms with E-state index in [1.165, 1.54) is 0 Å². The Morgan fingerprint density at radius 3 is 2.69 bits per heavy atom. The van der Waals surface area contributed by atoms with Gasteiger partial charge in [-0.2, -0.15) is 0 Å². The number of benzene rings is 1. The lowest BCUT2D eigenvalue weighted by atomic mass is 10.1. The number of aliphatic hydroxyl groups excluding tert-OH is 1. The number of aromatic nitrogens is 1. The average Bonchev–Trinajstić information content (AvgIpc) is 2.27. The van der Waals surface area contributed by atoms with Gasteiger partial charge in [-0.05, 0) is 13.0 Å². The maximum Gasteiger partial charge on any atom is 0.0781 e. The summed E-state index contributed by atoms with van der Waals surface area (Å²) in [5, 5.41) is 10.4. The molecular weight excluding hydrogens is 200 g/mol. The molecule has 1 N–H and O–H groups in total. The number of nitrogens with zero attached hydrogens (tertiary/aromatic N) is 2. The normalized spacial score (nSPS) is 10.8. The van der Waals surface area contributed by atoms with E-state index in [2.05, 4.69) is 16.0 Å². The number of hydrogen-bond donors (Lipinski definition) is 1. The van der Waals surface area contributed by atoms with Crippen molar-refractivity contribution in [1.82, 2.24) is 4.98 Å². The van der Waals surface area contributed by atoms with Gasteiger partial charge in [0, 0.05) is 36.4 Å². The van der Waals surface area contributed by atoms with Crippen LogP contribution in [-0.4, -0.2) is 24.2 Å². The fourth-order valence-electron chi connectivity index (χ4n) is 1.91. The van der Waals surface area contributed by atoms with Gasteiger partial charge >= 0.3 is 0 Å². The van der Waals surface area contributed by atoms with Crippen molar-refractivity contribution in [2.24, 2.45) is 0 Å². The van der Waals surface area contributed by atoms with Gasteiger partial charge in [0.15, 0.2) is 0 Å². The minimum atomic E-state index is 0.0284. The van der Waals surface area contributed by atoms with Gasteiger partial charge in [0.25, 0.3) is 0 Å². The largest absolute Gasteiger partial charge is 0.392 e. The maximum atomic E-state index is 9.30. The molecule has 2 rings (SSSR count). The van der Waals surface area contributed by atoms with Crippen LogP contribution >= 0.6 is 0 Å². The molecule has 0 saturated heterocycles. The van der Waals surface area contributed by atoms with E-state index in [1.807, 2.05) is 39.2 Å². The number of rotatable bonds is 2. The molecule has 0 aliphatic heterocycles. The van der Waals surface area contributed by atoms with Gasteiger partial charge in [-0.3, -0.25) is 4.98 Å². The molecule has 0 atom stereocenters. The molecule has 16 heavy (non-hydrogen) atoms. The number of para-hydroxylation sites is 1. The number of fused-ring (bicyclic) bond motifs is 1. The molecule has 0 aliphatic carbocycles. The first-order valence-electron chi connectivity index (χ1n) is 5.31. The zero-order chi connectivity index (χ0) is 11.7. The summed E-state index contributed by atoms with van der Waals surface area (Å²) in [4.78, 5) is 6.57.